The Hall–Kier alpha value is -3.18. The molecule has 0 aliphatic carbocycles. The second kappa shape index (κ2) is 10.8. The molecule has 28 heavy (non-hydrogen) atoms. The van der Waals surface area contributed by atoms with Gasteiger partial charge in [-0.2, -0.15) is 0 Å². The Bertz CT molecular complexity index is 882. The van der Waals surface area contributed by atoms with Gasteiger partial charge in [-0.15, -0.1) is 15.0 Å². The highest BCUT2D eigenvalue weighted by Crippen LogP contribution is 2.13. The van der Waals surface area contributed by atoms with Gasteiger partial charge >= 0.3 is 35.1 Å². The van der Waals surface area contributed by atoms with E-state index < -0.39 is 17.1 Å². The minimum atomic E-state index is -0.563. The lowest BCUT2D eigenvalue weighted by Gasteiger charge is -2.07. The fourth-order valence-corrected chi connectivity index (χ4v) is 2.09. The van der Waals surface area contributed by atoms with E-state index in [0.717, 1.165) is 13.7 Å². The van der Waals surface area contributed by atoms with Crippen LogP contribution in [0.15, 0.2) is 14.4 Å². The lowest BCUT2D eigenvalue weighted by Crippen LogP contribution is -2.53. The Kier molecular flexibility index (Phi) is 8.85. The maximum absolute atomic E-state index is 11.5. The van der Waals surface area contributed by atoms with E-state index in [4.69, 9.17) is 14.2 Å². The Balaban J connectivity index is 0.000000280. The highest BCUT2D eigenvalue weighted by atomic mass is 16.5. The van der Waals surface area contributed by atoms with Gasteiger partial charge in [0.1, 0.15) is 0 Å². The van der Waals surface area contributed by atoms with E-state index in [-0.39, 0.29) is 31.1 Å². The molecule has 0 N–H and O–H groups in total. The monoisotopic (exact) mass is 398 g/mol. The normalized spacial score (nSPS) is 10.1. The van der Waals surface area contributed by atoms with E-state index in [9.17, 15) is 14.4 Å². The summed E-state index contributed by atoms with van der Waals surface area (Å²) in [4.78, 5) is 46.1. The standard InChI is InChI=1S/2C8H13N3O3/c1-4-13-7-9-6(12-3)10-8(11-7)14-5-2;1-4-10-6(12)9(3)7(13)11(5-2)8(10)14/h2*4-5H2,1-3H3. The minimum Gasteiger partial charge on any atom is -0.467 e. The molecule has 2 rings (SSSR count). The molecule has 0 aromatic carbocycles. The first-order valence-corrected chi connectivity index (χ1v) is 8.80. The number of ether oxygens (including phenoxy) is 3. The molecule has 0 unspecified atom stereocenters. The fraction of sp³-hybridized carbons (Fsp3) is 0.625. The molecule has 0 saturated carbocycles. The van der Waals surface area contributed by atoms with Crippen LogP contribution in [0.2, 0.25) is 0 Å². The van der Waals surface area contributed by atoms with Gasteiger partial charge in [0.25, 0.3) is 0 Å². The Morgan fingerprint density at radius 2 is 1.11 bits per heavy atom. The summed E-state index contributed by atoms with van der Waals surface area (Å²) in [6, 6.07) is 0.609. The quantitative estimate of drug-likeness (QED) is 0.601. The lowest BCUT2D eigenvalue weighted by molar-refractivity contribution is 0.263. The summed E-state index contributed by atoms with van der Waals surface area (Å²) >= 11 is 0. The van der Waals surface area contributed by atoms with Crippen molar-refractivity contribution in [3.8, 4) is 18.0 Å². The summed E-state index contributed by atoms with van der Waals surface area (Å²) in [5.74, 6) is 0. The molecule has 0 radical (unpaired) electrons. The number of nitrogens with zero attached hydrogens (tertiary/aromatic N) is 6. The third kappa shape index (κ3) is 5.41. The number of aromatic nitrogens is 6. The van der Waals surface area contributed by atoms with Crippen molar-refractivity contribution in [3.05, 3.63) is 31.5 Å². The van der Waals surface area contributed by atoms with Crippen molar-refractivity contribution >= 4 is 0 Å². The number of hydrogen-bond donors (Lipinski definition) is 0. The Labute approximate surface area is 161 Å². The van der Waals surface area contributed by atoms with Crippen LogP contribution in [-0.4, -0.2) is 49.0 Å². The fourth-order valence-electron chi connectivity index (χ4n) is 2.09. The SMILES string of the molecule is CCOc1nc(OC)nc(OCC)n1.CCn1c(=O)n(C)c(=O)n(CC)c1=O. The largest absolute Gasteiger partial charge is 0.467 e. The maximum Gasteiger partial charge on any atom is 0.336 e. The van der Waals surface area contributed by atoms with Crippen LogP contribution in [0.5, 0.6) is 18.0 Å². The lowest BCUT2D eigenvalue weighted by atomic mass is 10.6. The summed E-state index contributed by atoms with van der Waals surface area (Å²) in [7, 11) is 2.84. The highest BCUT2D eigenvalue weighted by Gasteiger charge is 2.09. The third-order valence-electron chi connectivity index (χ3n) is 3.43. The van der Waals surface area contributed by atoms with E-state index in [1.165, 1.54) is 14.2 Å². The van der Waals surface area contributed by atoms with Crippen LogP contribution in [-0.2, 0) is 20.1 Å². The minimum absolute atomic E-state index is 0.187. The van der Waals surface area contributed by atoms with Crippen LogP contribution in [0.25, 0.3) is 0 Å². The molecule has 0 saturated heterocycles. The van der Waals surface area contributed by atoms with Crippen LogP contribution in [0.3, 0.4) is 0 Å². The molecular formula is C16H26N6O6. The van der Waals surface area contributed by atoms with Gasteiger partial charge in [-0.05, 0) is 27.7 Å². The van der Waals surface area contributed by atoms with Gasteiger partial charge in [0.15, 0.2) is 0 Å². The molecule has 0 amide bonds. The molecular weight excluding hydrogens is 372 g/mol. The molecule has 0 spiro atoms. The molecule has 2 aromatic rings. The summed E-state index contributed by atoms with van der Waals surface area (Å²) in [5, 5.41) is 0. The zero-order chi connectivity index (χ0) is 21.3. The van der Waals surface area contributed by atoms with E-state index in [2.05, 4.69) is 15.0 Å². The number of methoxy groups -OCH3 is 1. The number of hydrogen-bond acceptors (Lipinski definition) is 9. The Morgan fingerprint density at radius 1 is 0.714 bits per heavy atom. The first kappa shape index (κ1) is 22.9. The summed E-state index contributed by atoms with van der Waals surface area (Å²) in [6.45, 7) is 8.57. The molecule has 0 aliphatic heterocycles. The molecule has 12 nitrogen and oxygen atoms in total. The van der Waals surface area contributed by atoms with Crippen LogP contribution < -0.4 is 31.3 Å². The van der Waals surface area contributed by atoms with Crippen LogP contribution >= 0.6 is 0 Å². The van der Waals surface area contributed by atoms with Crippen LogP contribution in [0.1, 0.15) is 27.7 Å². The molecule has 156 valence electrons. The topological polar surface area (TPSA) is 132 Å². The van der Waals surface area contributed by atoms with Crippen LogP contribution in [0.4, 0.5) is 0 Å². The first-order valence-electron chi connectivity index (χ1n) is 8.80. The molecule has 2 aromatic heterocycles. The number of rotatable bonds is 7. The van der Waals surface area contributed by atoms with Crippen LogP contribution in [0, 0.1) is 0 Å². The molecule has 12 heteroatoms. The summed E-state index contributed by atoms with van der Waals surface area (Å²) in [5.41, 5.74) is -1.66. The molecule has 0 atom stereocenters. The molecule has 0 fully saturated rings. The summed E-state index contributed by atoms with van der Waals surface area (Å²) in [6.07, 6.45) is 0. The van der Waals surface area contributed by atoms with Gasteiger partial charge < -0.3 is 14.2 Å². The summed E-state index contributed by atoms with van der Waals surface area (Å²) < 4.78 is 18.1. The molecule has 2 heterocycles. The second-order valence-electron chi connectivity index (χ2n) is 5.15. The maximum atomic E-state index is 11.5. The predicted molar refractivity (Wildman–Crippen MR) is 100 cm³/mol. The highest BCUT2D eigenvalue weighted by molar-refractivity contribution is 5.08. The zero-order valence-electron chi connectivity index (χ0n) is 17.0. The molecule has 0 aliphatic rings. The van der Waals surface area contributed by atoms with Gasteiger partial charge in [0, 0.05) is 20.1 Å². The smallest absolute Gasteiger partial charge is 0.336 e. The zero-order valence-corrected chi connectivity index (χ0v) is 17.0. The molecule has 0 bridgehead atoms. The van der Waals surface area contributed by atoms with E-state index in [0.29, 0.717) is 13.2 Å². The van der Waals surface area contributed by atoms with Gasteiger partial charge in [-0.3, -0.25) is 0 Å². The van der Waals surface area contributed by atoms with Gasteiger partial charge in [0.05, 0.1) is 20.3 Å². The van der Waals surface area contributed by atoms with Crippen molar-refractivity contribution in [2.45, 2.75) is 40.8 Å². The van der Waals surface area contributed by atoms with E-state index in [1.54, 1.807) is 13.8 Å². The average Bonchev–Trinajstić information content (AvgIpc) is 2.68. The van der Waals surface area contributed by atoms with Crippen molar-refractivity contribution in [1.82, 2.24) is 28.7 Å². The van der Waals surface area contributed by atoms with Crippen molar-refractivity contribution < 1.29 is 14.2 Å². The van der Waals surface area contributed by atoms with Gasteiger partial charge in [0.2, 0.25) is 0 Å². The predicted octanol–water partition coefficient (Wildman–Crippen LogP) is -0.574. The van der Waals surface area contributed by atoms with E-state index >= 15 is 0 Å². The van der Waals surface area contributed by atoms with Gasteiger partial charge in [-0.25, -0.2) is 28.1 Å². The van der Waals surface area contributed by atoms with E-state index in [1.807, 2.05) is 13.8 Å². The van der Waals surface area contributed by atoms with Crippen molar-refractivity contribution in [2.75, 3.05) is 20.3 Å². The second-order valence-corrected chi connectivity index (χ2v) is 5.15. The van der Waals surface area contributed by atoms with Crippen molar-refractivity contribution in [1.29, 1.82) is 0 Å². The third-order valence-corrected chi connectivity index (χ3v) is 3.43. The Morgan fingerprint density at radius 3 is 1.43 bits per heavy atom. The van der Waals surface area contributed by atoms with Crippen molar-refractivity contribution in [2.24, 2.45) is 7.05 Å². The first-order chi connectivity index (χ1) is 13.3. The average molecular weight is 398 g/mol. The van der Waals surface area contributed by atoms with Gasteiger partial charge in [-0.1, -0.05) is 0 Å². The van der Waals surface area contributed by atoms with Crippen molar-refractivity contribution in [3.63, 3.8) is 0 Å².